The van der Waals surface area contributed by atoms with Crippen LogP contribution in [0.4, 0.5) is 5.95 Å². The van der Waals surface area contributed by atoms with Crippen LogP contribution in [-0.4, -0.2) is 53.8 Å². The molecule has 2 aliphatic rings. The number of rotatable bonds is 5. The number of hydrogen-bond donors (Lipinski definition) is 4. The van der Waals surface area contributed by atoms with Crippen LogP contribution in [0, 0.1) is 11.8 Å². The average Bonchev–Trinajstić information content (AvgIpc) is 3.15. The minimum Gasteiger partial charge on any atom is -0.390 e. The number of nitrogens with one attached hydrogen (secondary N) is 1. The predicted molar refractivity (Wildman–Crippen MR) is 104 cm³/mol. The zero-order valence-electron chi connectivity index (χ0n) is 16.1. The van der Waals surface area contributed by atoms with Crippen molar-refractivity contribution in [3.05, 3.63) is 0 Å². The van der Waals surface area contributed by atoms with Crippen molar-refractivity contribution in [1.82, 2.24) is 20.2 Å². The first-order valence-corrected chi connectivity index (χ1v) is 10.6. The Morgan fingerprint density at radius 2 is 2.04 bits per heavy atom. The maximum Gasteiger partial charge on any atom is 0.250 e. The van der Waals surface area contributed by atoms with Crippen LogP contribution in [0.5, 0.6) is 0 Å². The largest absolute Gasteiger partial charge is 0.390 e. The van der Waals surface area contributed by atoms with Crippen LogP contribution < -0.4 is 5.32 Å². The molecular formula is C18H31N5O3S. The van der Waals surface area contributed by atoms with Gasteiger partial charge in [0.1, 0.15) is 0 Å². The van der Waals surface area contributed by atoms with E-state index in [1.54, 1.807) is 4.68 Å². The molecule has 152 valence electrons. The fraction of sp³-hybridized carbons (Fsp3) is 0.889. The fourth-order valence-electron chi connectivity index (χ4n) is 4.98. The van der Waals surface area contributed by atoms with Crippen molar-refractivity contribution >= 4 is 24.5 Å². The molecule has 5 unspecified atom stereocenters. The monoisotopic (exact) mass is 397 g/mol. The summed E-state index contributed by atoms with van der Waals surface area (Å²) in [6.07, 6.45) is 5.72. The molecule has 1 amide bonds. The lowest BCUT2D eigenvalue weighted by Gasteiger charge is -2.52. The summed E-state index contributed by atoms with van der Waals surface area (Å²) in [5.41, 5.74) is -0.524. The summed E-state index contributed by atoms with van der Waals surface area (Å²) in [5.74, 6) is 0.121. The number of carbonyl (C=O) groups is 1. The molecule has 0 aromatic carbocycles. The topological polar surface area (TPSA) is 113 Å². The summed E-state index contributed by atoms with van der Waals surface area (Å²) in [6.45, 7) is 3.85. The van der Waals surface area contributed by atoms with Crippen molar-refractivity contribution in [2.75, 3.05) is 5.32 Å². The summed E-state index contributed by atoms with van der Waals surface area (Å²) in [4.78, 5) is 12.4. The molecule has 0 radical (unpaired) electrons. The van der Waals surface area contributed by atoms with Crippen molar-refractivity contribution in [3.8, 4) is 0 Å². The van der Waals surface area contributed by atoms with Crippen LogP contribution in [0.3, 0.4) is 0 Å². The van der Waals surface area contributed by atoms with Crippen molar-refractivity contribution in [2.45, 2.75) is 88.2 Å². The van der Waals surface area contributed by atoms with Gasteiger partial charge in [-0.15, -0.1) is 0 Å². The van der Waals surface area contributed by atoms with E-state index >= 15 is 0 Å². The van der Waals surface area contributed by atoms with Gasteiger partial charge in [0.2, 0.25) is 11.9 Å². The molecule has 1 heterocycles. The highest BCUT2D eigenvalue weighted by Crippen LogP contribution is 2.50. The Balaban J connectivity index is 2.00. The molecule has 8 nitrogen and oxygen atoms in total. The van der Waals surface area contributed by atoms with E-state index in [4.69, 9.17) is 0 Å². The highest BCUT2D eigenvalue weighted by molar-refractivity contribution is 7.81. The third kappa shape index (κ3) is 3.73. The Morgan fingerprint density at radius 3 is 2.70 bits per heavy atom. The van der Waals surface area contributed by atoms with Crippen LogP contribution in [0.1, 0.15) is 65.2 Å². The molecule has 2 fully saturated rings. The smallest absolute Gasteiger partial charge is 0.250 e. The maximum atomic E-state index is 12.4. The van der Waals surface area contributed by atoms with Gasteiger partial charge in [0.25, 0.3) is 0 Å². The first kappa shape index (κ1) is 20.5. The molecule has 0 bridgehead atoms. The molecule has 3 rings (SSSR count). The van der Waals surface area contributed by atoms with E-state index in [-0.39, 0.29) is 11.8 Å². The fourth-order valence-corrected chi connectivity index (χ4v) is 5.05. The molecule has 0 saturated heterocycles. The van der Waals surface area contributed by atoms with Gasteiger partial charge in [0.05, 0.1) is 23.0 Å². The lowest BCUT2D eigenvalue weighted by molar-refractivity contribution is -0.119. The third-order valence-electron chi connectivity index (χ3n) is 6.64. The number of hydrogen-bond acceptors (Lipinski definition) is 7. The van der Waals surface area contributed by atoms with Crippen LogP contribution in [0.2, 0.25) is 0 Å². The van der Waals surface area contributed by atoms with E-state index in [2.05, 4.69) is 33.5 Å². The average molecular weight is 398 g/mol. The molecule has 9 heteroatoms. The highest BCUT2D eigenvalue weighted by Gasteiger charge is 2.54. The zero-order chi connectivity index (χ0) is 19.6. The second-order valence-electron chi connectivity index (χ2n) is 8.04. The van der Waals surface area contributed by atoms with E-state index in [1.807, 2.05) is 13.8 Å². The molecule has 0 spiro atoms. The molecule has 2 aliphatic carbocycles. The summed E-state index contributed by atoms with van der Waals surface area (Å²) in [5, 5.41) is 35.4. The minimum atomic E-state index is -0.846. The van der Waals surface area contributed by atoms with E-state index in [0.717, 1.165) is 25.7 Å². The summed E-state index contributed by atoms with van der Waals surface area (Å²) < 4.78 is 1.72. The Labute approximate surface area is 165 Å². The third-order valence-corrected chi connectivity index (χ3v) is 7.24. The second kappa shape index (κ2) is 8.45. The maximum absolute atomic E-state index is 12.4. The Morgan fingerprint density at radius 1 is 1.33 bits per heavy atom. The van der Waals surface area contributed by atoms with Gasteiger partial charge in [-0.05, 0) is 48.4 Å². The quantitative estimate of drug-likeness (QED) is 0.563. The molecule has 5 atom stereocenters. The summed E-state index contributed by atoms with van der Waals surface area (Å²) in [7, 11) is 0. The lowest BCUT2D eigenvalue weighted by atomic mass is 9.61. The van der Waals surface area contributed by atoms with E-state index < -0.39 is 23.0 Å². The number of thiol groups is 1. The number of amides is 1. The molecule has 27 heavy (non-hydrogen) atoms. The van der Waals surface area contributed by atoms with E-state index in [1.165, 1.54) is 6.42 Å². The zero-order valence-corrected chi connectivity index (χ0v) is 17.0. The Kier molecular flexibility index (Phi) is 6.43. The van der Waals surface area contributed by atoms with Crippen molar-refractivity contribution < 1.29 is 15.0 Å². The Bertz CT molecular complexity index is 647. The summed E-state index contributed by atoms with van der Waals surface area (Å²) in [6, 6.07) is 0. The van der Waals surface area contributed by atoms with E-state index in [0.29, 0.717) is 31.1 Å². The van der Waals surface area contributed by atoms with Gasteiger partial charge < -0.3 is 10.2 Å². The van der Waals surface area contributed by atoms with Crippen molar-refractivity contribution in [2.24, 2.45) is 11.8 Å². The van der Waals surface area contributed by atoms with Gasteiger partial charge >= 0.3 is 0 Å². The molecule has 2 saturated carbocycles. The van der Waals surface area contributed by atoms with Crippen LogP contribution in [0.15, 0.2) is 0 Å². The first-order chi connectivity index (χ1) is 12.9. The Hall–Kier alpha value is -1.19. The number of aliphatic hydroxyl groups excluding tert-OH is 2. The number of aliphatic hydroxyl groups is 2. The molecule has 0 aliphatic heterocycles. The number of anilines is 1. The SMILES string of the molecule is CCC(S)C(=O)Nc1nnnn1C1(C2CCCCC2)CCC(O)C(O)C1C. The van der Waals surface area contributed by atoms with Gasteiger partial charge in [-0.3, -0.25) is 10.1 Å². The minimum absolute atomic E-state index is 0.235. The molecule has 3 N–H and O–H groups in total. The van der Waals surface area contributed by atoms with Gasteiger partial charge in [-0.1, -0.05) is 38.2 Å². The van der Waals surface area contributed by atoms with Gasteiger partial charge in [-0.25, -0.2) is 4.68 Å². The normalized spacial score (nSPS) is 33.6. The van der Waals surface area contributed by atoms with Crippen LogP contribution in [-0.2, 0) is 10.3 Å². The van der Waals surface area contributed by atoms with Crippen molar-refractivity contribution in [3.63, 3.8) is 0 Å². The standard InChI is InChI=1S/C18H31N5O3S/c1-3-14(27)16(26)19-17-20-21-22-23(17)18(12-7-5-4-6-8-12)10-9-13(24)15(25)11(18)2/h11-15,24-25,27H,3-10H2,1-2H3,(H,19,20,22,26). The summed E-state index contributed by atoms with van der Waals surface area (Å²) >= 11 is 4.30. The van der Waals surface area contributed by atoms with Gasteiger partial charge in [0, 0.05) is 5.92 Å². The molecular weight excluding hydrogens is 366 g/mol. The van der Waals surface area contributed by atoms with Crippen LogP contribution >= 0.6 is 12.6 Å². The van der Waals surface area contributed by atoms with Gasteiger partial charge in [0.15, 0.2) is 0 Å². The molecule has 1 aromatic heterocycles. The number of nitrogens with zero attached hydrogens (tertiary/aromatic N) is 4. The first-order valence-electron chi connectivity index (χ1n) is 10.1. The highest BCUT2D eigenvalue weighted by atomic mass is 32.1. The lowest BCUT2D eigenvalue weighted by Crippen LogP contribution is -2.58. The van der Waals surface area contributed by atoms with Crippen LogP contribution in [0.25, 0.3) is 0 Å². The second-order valence-corrected chi connectivity index (χ2v) is 8.66. The van der Waals surface area contributed by atoms with E-state index in [9.17, 15) is 15.0 Å². The van der Waals surface area contributed by atoms with Crippen molar-refractivity contribution in [1.29, 1.82) is 0 Å². The number of carbonyl (C=O) groups excluding carboxylic acids is 1. The van der Waals surface area contributed by atoms with Gasteiger partial charge in [-0.2, -0.15) is 12.6 Å². The molecule has 1 aromatic rings. The number of aromatic nitrogens is 4. The predicted octanol–water partition coefficient (Wildman–Crippen LogP) is 1.75. The number of tetrazole rings is 1.